The molecule has 0 aliphatic heterocycles. The Morgan fingerprint density at radius 1 is 1.55 bits per heavy atom. The summed E-state index contributed by atoms with van der Waals surface area (Å²) in [6.07, 6.45) is 0. The van der Waals surface area contributed by atoms with Crippen molar-refractivity contribution in [3.05, 3.63) is 23.8 Å². The number of aromatic hydroxyl groups is 1. The third-order valence-corrected chi connectivity index (χ3v) is 1.68. The molecule has 0 aromatic heterocycles. The average molecular weight is 173 g/mol. The lowest BCUT2D eigenvalue weighted by molar-refractivity contribution is 0.475. The molecule has 0 atom stereocenters. The number of rotatable bonds is 2. The van der Waals surface area contributed by atoms with Gasteiger partial charge in [-0.05, 0) is 23.8 Å². The molecule has 0 fully saturated rings. The molecule has 0 amide bonds. The molecule has 1 rings (SSSR count). The zero-order valence-electron chi connectivity index (χ0n) is 5.84. The largest absolute Gasteiger partial charge is 0.508 e. The molecule has 0 bridgehead atoms. The molecule has 0 unspecified atom stereocenters. The standard InChI is InChI=1S/C7H9ClN2O/c8-4-5-3-6(11)1-2-7(5)10-9/h1-3,10-11H,4,9H2. The van der Waals surface area contributed by atoms with Gasteiger partial charge in [0, 0.05) is 5.88 Å². The Morgan fingerprint density at radius 3 is 2.82 bits per heavy atom. The third-order valence-electron chi connectivity index (χ3n) is 1.39. The van der Waals surface area contributed by atoms with Gasteiger partial charge < -0.3 is 10.5 Å². The van der Waals surface area contributed by atoms with E-state index >= 15 is 0 Å². The van der Waals surface area contributed by atoms with Crippen molar-refractivity contribution in [3.8, 4) is 5.75 Å². The first-order valence-electron chi connectivity index (χ1n) is 3.12. The van der Waals surface area contributed by atoms with Crippen LogP contribution in [0.1, 0.15) is 5.56 Å². The Balaban J connectivity index is 3.06. The molecule has 1 aromatic rings. The van der Waals surface area contributed by atoms with E-state index in [2.05, 4.69) is 5.43 Å². The molecule has 0 aliphatic rings. The smallest absolute Gasteiger partial charge is 0.116 e. The van der Waals surface area contributed by atoms with E-state index in [-0.39, 0.29) is 5.75 Å². The van der Waals surface area contributed by atoms with Crippen molar-refractivity contribution in [2.24, 2.45) is 5.84 Å². The van der Waals surface area contributed by atoms with Gasteiger partial charge in [0.15, 0.2) is 0 Å². The van der Waals surface area contributed by atoms with Gasteiger partial charge in [-0.25, -0.2) is 0 Å². The van der Waals surface area contributed by atoms with Gasteiger partial charge in [0.1, 0.15) is 5.75 Å². The average Bonchev–Trinajstić information content (AvgIpc) is 2.04. The Labute approximate surface area is 69.8 Å². The van der Waals surface area contributed by atoms with Crippen molar-refractivity contribution in [2.45, 2.75) is 5.88 Å². The van der Waals surface area contributed by atoms with E-state index in [9.17, 15) is 0 Å². The van der Waals surface area contributed by atoms with E-state index in [0.29, 0.717) is 5.88 Å². The molecule has 11 heavy (non-hydrogen) atoms. The molecule has 1 aromatic carbocycles. The second kappa shape index (κ2) is 3.46. The zero-order valence-corrected chi connectivity index (χ0v) is 6.60. The number of nitrogens with one attached hydrogen (secondary N) is 1. The molecular weight excluding hydrogens is 164 g/mol. The number of nitrogens with two attached hydrogens (primary N) is 1. The highest BCUT2D eigenvalue weighted by Gasteiger charge is 1.99. The first-order valence-corrected chi connectivity index (χ1v) is 3.66. The van der Waals surface area contributed by atoms with Crippen LogP contribution >= 0.6 is 11.6 Å². The van der Waals surface area contributed by atoms with Gasteiger partial charge in [-0.15, -0.1) is 11.6 Å². The van der Waals surface area contributed by atoms with E-state index in [4.69, 9.17) is 22.6 Å². The van der Waals surface area contributed by atoms with E-state index in [1.165, 1.54) is 0 Å². The van der Waals surface area contributed by atoms with E-state index in [0.717, 1.165) is 11.3 Å². The minimum Gasteiger partial charge on any atom is -0.508 e. The lowest BCUT2D eigenvalue weighted by Gasteiger charge is -2.05. The van der Waals surface area contributed by atoms with Crippen LogP contribution in [0.3, 0.4) is 0 Å². The molecule has 4 heteroatoms. The van der Waals surface area contributed by atoms with E-state index < -0.39 is 0 Å². The van der Waals surface area contributed by atoms with Gasteiger partial charge in [-0.2, -0.15) is 0 Å². The fourth-order valence-corrected chi connectivity index (χ4v) is 1.05. The van der Waals surface area contributed by atoms with Gasteiger partial charge in [0.25, 0.3) is 0 Å². The van der Waals surface area contributed by atoms with Crippen molar-refractivity contribution in [1.29, 1.82) is 0 Å². The summed E-state index contributed by atoms with van der Waals surface area (Å²) in [6, 6.07) is 4.79. The van der Waals surface area contributed by atoms with Gasteiger partial charge in [0.2, 0.25) is 0 Å². The molecule has 0 aliphatic carbocycles. The van der Waals surface area contributed by atoms with E-state index in [1.807, 2.05) is 0 Å². The fraction of sp³-hybridized carbons (Fsp3) is 0.143. The number of anilines is 1. The van der Waals surface area contributed by atoms with Crippen LogP contribution in [0.4, 0.5) is 5.69 Å². The summed E-state index contributed by atoms with van der Waals surface area (Å²) in [5.41, 5.74) is 4.00. The molecule has 0 spiro atoms. The maximum atomic E-state index is 9.04. The number of hydrogen-bond donors (Lipinski definition) is 3. The van der Waals surface area contributed by atoms with Crippen LogP contribution in [0.5, 0.6) is 5.75 Å². The SMILES string of the molecule is NNc1ccc(O)cc1CCl. The second-order valence-electron chi connectivity index (χ2n) is 2.12. The Bertz CT molecular complexity index is 252. The molecule has 3 nitrogen and oxygen atoms in total. The van der Waals surface area contributed by atoms with Crippen LogP contribution < -0.4 is 11.3 Å². The predicted octanol–water partition coefficient (Wildman–Crippen LogP) is 1.42. The van der Waals surface area contributed by atoms with Gasteiger partial charge in [-0.3, -0.25) is 5.84 Å². The summed E-state index contributed by atoms with van der Waals surface area (Å²) in [5, 5.41) is 9.04. The number of alkyl halides is 1. The molecule has 0 radical (unpaired) electrons. The van der Waals surface area contributed by atoms with Crippen molar-refractivity contribution >= 4 is 17.3 Å². The quantitative estimate of drug-likeness (QED) is 0.274. The lowest BCUT2D eigenvalue weighted by Crippen LogP contribution is -2.08. The Hall–Kier alpha value is -0.930. The van der Waals surface area contributed by atoms with Crippen molar-refractivity contribution in [2.75, 3.05) is 5.43 Å². The number of nitrogen functional groups attached to an aromatic ring is 1. The fourth-order valence-electron chi connectivity index (χ4n) is 0.831. The molecule has 4 N–H and O–H groups in total. The number of halogens is 1. The van der Waals surface area contributed by atoms with Crippen molar-refractivity contribution in [1.82, 2.24) is 0 Å². The van der Waals surface area contributed by atoms with Gasteiger partial charge in [0.05, 0.1) is 5.69 Å². The maximum Gasteiger partial charge on any atom is 0.116 e. The number of phenolic OH excluding ortho intramolecular Hbond substituents is 1. The first kappa shape index (κ1) is 8.17. The summed E-state index contributed by atoms with van der Waals surface area (Å²) in [6.45, 7) is 0. The number of phenols is 1. The highest BCUT2D eigenvalue weighted by atomic mass is 35.5. The molecule has 0 saturated heterocycles. The Kier molecular flexibility index (Phi) is 2.57. The van der Waals surface area contributed by atoms with Crippen LogP contribution in [0, 0.1) is 0 Å². The van der Waals surface area contributed by atoms with Crippen LogP contribution in [-0.4, -0.2) is 5.11 Å². The number of benzene rings is 1. The maximum absolute atomic E-state index is 9.04. The normalized spacial score (nSPS) is 9.64. The number of hydrogen-bond acceptors (Lipinski definition) is 3. The summed E-state index contributed by atoms with van der Waals surface area (Å²) < 4.78 is 0. The lowest BCUT2D eigenvalue weighted by atomic mass is 10.2. The monoisotopic (exact) mass is 172 g/mol. The van der Waals surface area contributed by atoms with Gasteiger partial charge >= 0.3 is 0 Å². The van der Waals surface area contributed by atoms with E-state index in [1.54, 1.807) is 18.2 Å². The summed E-state index contributed by atoms with van der Waals surface area (Å²) in [4.78, 5) is 0. The first-order chi connectivity index (χ1) is 5.27. The summed E-state index contributed by atoms with van der Waals surface area (Å²) in [7, 11) is 0. The zero-order chi connectivity index (χ0) is 8.27. The van der Waals surface area contributed by atoms with Crippen LogP contribution in [0.15, 0.2) is 18.2 Å². The molecular formula is C7H9ClN2O. The van der Waals surface area contributed by atoms with Crippen LogP contribution in [-0.2, 0) is 5.88 Å². The van der Waals surface area contributed by atoms with Crippen molar-refractivity contribution in [3.63, 3.8) is 0 Å². The van der Waals surface area contributed by atoms with Crippen LogP contribution in [0.25, 0.3) is 0 Å². The molecule has 0 saturated carbocycles. The topological polar surface area (TPSA) is 58.3 Å². The predicted molar refractivity (Wildman–Crippen MR) is 45.5 cm³/mol. The summed E-state index contributed by atoms with van der Waals surface area (Å²) >= 11 is 5.58. The highest BCUT2D eigenvalue weighted by molar-refractivity contribution is 6.17. The minimum absolute atomic E-state index is 0.194. The minimum atomic E-state index is 0.194. The van der Waals surface area contributed by atoms with Crippen LogP contribution in [0.2, 0.25) is 0 Å². The molecule has 0 heterocycles. The molecule has 60 valence electrons. The Morgan fingerprint density at radius 2 is 2.27 bits per heavy atom. The summed E-state index contributed by atoms with van der Waals surface area (Å²) in [5.74, 6) is 5.71. The second-order valence-corrected chi connectivity index (χ2v) is 2.39. The van der Waals surface area contributed by atoms with Gasteiger partial charge in [-0.1, -0.05) is 0 Å². The third kappa shape index (κ3) is 1.76. The van der Waals surface area contributed by atoms with Crippen molar-refractivity contribution < 1.29 is 5.11 Å². The highest BCUT2D eigenvalue weighted by Crippen LogP contribution is 2.21. The number of hydrazine groups is 1.